The predicted molar refractivity (Wildman–Crippen MR) is 124 cm³/mol. The number of nitrogens with zero attached hydrogens (tertiary/aromatic N) is 1. The molecule has 6 nitrogen and oxygen atoms in total. The van der Waals surface area contributed by atoms with Crippen molar-refractivity contribution in [2.24, 2.45) is 0 Å². The van der Waals surface area contributed by atoms with E-state index in [0.717, 1.165) is 16.3 Å². The van der Waals surface area contributed by atoms with Crippen molar-refractivity contribution >= 4 is 28.3 Å². The van der Waals surface area contributed by atoms with Crippen LogP contribution in [0.3, 0.4) is 0 Å². The predicted octanol–water partition coefficient (Wildman–Crippen LogP) is 5.46. The van der Waals surface area contributed by atoms with Gasteiger partial charge in [0.1, 0.15) is 17.2 Å². The molecule has 0 fully saturated rings. The zero-order chi connectivity index (χ0) is 23.0. The minimum absolute atomic E-state index is 0.152. The Balaban J connectivity index is 1.95. The number of hydrogen-bond acceptors (Lipinski definition) is 5. The standard InChI is InChI=1S/C26H27NO5/c1-6-30-23-19-10-8-9-11-20(19)24(31-7-2)22-21(23)25(29)27(26(22,4)5)17-12-14-18(15-13-17)32-16(3)28/h8-15H,6-7H2,1-5H3. The van der Waals surface area contributed by atoms with E-state index >= 15 is 0 Å². The molecule has 0 saturated carbocycles. The van der Waals surface area contributed by atoms with Crippen molar-refractivity contribution in [3.63, 3.8) is 0 Å². The number of esters is 1. The van der Waals surface area contributed by atoms with Gasteiger partial charge in [-0.1, -0.05) is 24.3 Å². The second-order valence-electron chi connectivity index (χ2n) is 8.11. The number of carbonyl (C=O) groups excluding carboxylic acids is 2. The molecule has 0 N–H and O–H groups in total. The number of benzene rings is 3. The van der Waals surface area contributed by atoms with Crippen molar-refractivity contribution in [2.75, 3.05) is 18.1 Å². The molecular formula is C26H27NO5. The first-order valence-electron chi connectivity index (χ1n) is 10.8. The molecule has 1 aliphatic rings. The molecule has 3 aromatic carbocycles. The third-order valence-electron chi connectivity index (χ3n) is 5.64. The fraction of sp³-hybridized carbons (Fsp3) is 0.308. The minimum Gasteiger partial charge on any atom is -0.493 e. The number of fused-ring (bicyclic) bond motifs is 2. The van der Waals surface area contributed by atoms with Crippen molar-refractivity contribution in [1.82, 2.24) is 0 Å². The number of carbonyl (C=O) groups is 2. The third-order valence-corrected chi connectivity index (χ3v) is 5.64. The minimum atomic E-state index is -0.699. The van der Waals surface area contributed by atoms with Crippen LogP contribution in [-0.4, -0.2) is 25.1 Å². The molecule has 3 aromatic rings. The second kappa shape index (κ2) is 8.19. The van der Waals surface area contributed by atoms with Gasteiger partial charge in [0, 0.05) is 28.9 Å². The molecule has 0 bridgehead atoms. The summed E-state index contributed by atoms with van der Waals surface area (Å²) in [5, 5.41) is 1.78. The molecule has 0 aromatic heterocycles. The summed E-state index contributed by atoms with van der Waals surface area (Å²) >= 11 is 0. The lowest BCUT2D eigenvalue weighted by Gasteiger charge is -2.33. The van der Waals surface area contributed by atoms with Crippen molar-refractivity contribution in [3.8, 4) is 17.2 Å². The first kappa shape index (κ1) is 21.7. The maximum Gasteiger partial charge on any atom is 0.308 e. The maximum atomic E-state index is 13.9. The summed E-state index contributed by atoms with van der Waals surface area (Å²) in [4.78, 5) is 26.9. The van der Waals surface area contributed by atoms with E-state index in [2.05, 4.69) is 0 Å². The normalized spacial score (nSPS) is 14.4. The molecule has 0 radical (unpaired) electrons. The molecule has 1 aliphatic heterocycles. The average molecular weight is 434 g/mol. The third kappa shape index (κ3) is 3.36. The van der Waals surface area contributed by atoms with E-state index < -0.39 is 11.5 Å². The van der Waals surface area contributed by atoms with Crippen LogP contribution in [0.1, 0.15) is 50.5 Å². The number of amides is 1. The Morgan fingerprint density at radius 2 is 1.47 bits per heavy atom. The van der Waals surface area contributed by atoms with Gasteiger partial charge in [0.05, 0.1) is 24.3 Å². The van der Waals surface area contributed by atoms with Crippen LogP contribution in [0.25, 0.3) is 10.8 Å². The highest BCUT2D eigenvalue weighted by Gasteiger charge is 2.49. The smallest absolute Gasteiger partial charge is 0.308 e. The molecule has 0 unspecified atom stereocenters. The Bertz CT molecular complexity index is 1200. The number of rotatable bonds is 6. The van der Waals surface area contributed by atoms with Gasteiger partial charge in [-0.25, -0.2) is 0 Å². The Morgan fingerprint density at radius 3 is 2.03 bits per heavy atom. The van der Waals surface area contributed by atoms with Crippen LogP contribution in [0.15, 0.2) is 48.5 Å². The summed E-state index contributed by atoms with van der Waals surface area (Å²) in [6.07, 6.45) is 0. The van der Waals surface area contributed by atoms with E-state index in [1.54, 1.807) is 29.2 Å². The zero-order valence-electron chi connectivity index (χ0n) is 19.0. The van der Waals surface area contributed by atoms with Crippen LogP contribution >= 0.6 is 0 Å². The molecule has 0 spiro atoms. The van der Waals surface area contributed by atoms with E-state index in [1.165, 1.54) is 6.92 Å². The summed E-state index contributed by atoms with van der Waals surface area (Å²) in [5.74, 6) is 1.18. The van der Waals surface area contributed by atoms with Crippen molar-refractivity contribution in [1.29, 1.82) is 0 Å². The van der Waals surface area contributed by atoms with Crippen LogP contribution in [-0.2, 0) is 10.3 Å². The van der Waals surface area contributed by atoms with Gasteiger partial charge < -0.3 is 14.2 Å². The quantitative estimate of drug-likeness (QED) is 0.382. The highest BCUT2D eigenvalue weighted by Crippen LogP contribution is 2.53. The fourth-order valence-corrected chi connectivity index (χ4v) is 4.50. The van der Waals surface area contributed by atoms with E-state index in [9.17, 15) is 9.59 Å². The molecular weight excluding hydrogens is 406 g/mol. The van der Waals surface area contributed by atoms with Crippen LogP contribution in [0.4, 0.5) is 5.69 Å². The van der Waals surface area contributed by atoms with Crippen molar-refractivity contribution in [3.05, 3.63) is 59.7 Å². The topological polar surface area (TPSA) is 65.1 Å². The van der Waals surface area contributed by atoms with Gasteiger partial charge in [-0.15, -0.1) is 0 Å². The molecule has 166 valence electrons. The zero-order valence-corrected chi connectivity index (χ0v) is 19.0. The van der Waals surface area contributed by atoms with E-state index in [-0.39, 0.29) is 5.91 Å². The van der Waals surface area contributed by atoms with Crippen LogP contribution < -0.4 is 19.1 Å². The second-order valence-corrected chi connectivity index (χ2v) is 8.11. The maximum absolute atomic E-state index is 13.9. The molecule has 4 rings (SSSR count). The molecule has 0 saturated heterocycles. The van der Waals surface area contributed by atoms with Gasteiger partial charge in [-0.2, -0.15) is 0 Å². The van der Waals surface area contributed by atoms with Gasteiger partial charge in [0.15, 0.2) is 0 Å². The van der Waals surface area contributed by atoms with Gasteiger partial charge in [-0.3, -0.25) is 14.5 Å². The Kier molecular flexibility index (Phi) is 5.55. The number of ether oxygens (including phenoxy) is 3. The summed E-state index contributed by atoms with van der Waals surface area (Å²) in [6.45, 7) is 10.1. The first-order valence-corrected chi connectivity index (χ1v) is 10.8. The lowest BCUT2D eigenvalue weighted by Crippen LogP contribution is -2.39. The molecule has 0 atom stereocenters. The Hall–Kier alpha value is -3.54. The van der Waals surface area contributed by atoms with Gasteiger partial charge in [0.2, 0.25) is 0 Å². The van der Waals surface area contributed by atoms with Crippen LogP contribution in [0, 0.1) is 0 Å². The van der Waals surface area contributed by atoms with Gasteiger partial charge in [0.25, 0.3) is 5.91 Å². The van der Waals surface area contributed by atoms with E-state index in [0.29, 0.717) is 41.7 Å². The summed E-state index contributed by atoms with van der Waals surface area (Å²) < 4.78 is 17.3. The lowest BCUT2D eigenvalue weighted by atomic mass is 9.89. The average Bonchev–Trinajstić information content (AvgIpc) is 2.96. The van der Waals surface area contributed by atoms with Crippen LogP contribution in [0.5, 0.6) is 17.2 Å². The monoisotopic (exact) mass is 433 g/mol. The lowest BCUT2D eigenvalue weighted by molar-refractivity contribution is -0.131. The fourth-order valence-electron chi connectivity index (χ4n) is 4.50. The van der Waals surface area contributed by atoms with E-state index in [1.807, 2.05) is 52.0 Å². The van der Waals surface area contributed by atoms with Crippen molar-refractivity contribution in [2.45, 2.75) is 40.2 Å². The van der Waals surface area contributed by atoms with Crippen molar-refractivity contribution < 1.29 is 23.8 Å². The van der Waals surface area contributed by atoms with Gasteiger partial charge in [-0.05, 0) is 52.0 Å². The molecule has 1 amide bonds. The highest BCUT2D eigenvalue weighted by atomic mass is 16.5. The van der Waals surface area contributed by atoms with E-state index in [4.69, 9.17) is 14.2 Å². The molecule has 1 heterocycles. The summed E-state index contributed by atoms with van der Waals surface area (Å²) in [7, 11) is 0. The summed E-state index contributed by atoms with van der Waals surface area (Å²) in [5.41, 5.74) is 1.34. The molecule has 6 heteroatoms. The number of hydrogen-bond donors (Lipinski definition) is 0. The largest absolute Gasteiger partial charge is 0.493 e. The number of anilines is 1. The Labute approximate surface area is 187 Å². The molecule has 0 aliphatic carbocycles. The van der Waals surface area contributed by atoms with Gasteiger partial charge >= 0.3 is 5.97 Å². The summed E-state index contributed by atoms with van der Waals surface area (Å²) in [6, 6.07) is 14.8. The SMILES string of the molecule is CCOc1c2c(c(OCC)c3ccccc13)C(C)(C)N(c1ccc(OC(C)=O)cc1)C2=O. The highest BCUT2D eigenvalue weighted by molar-refractivity contribution is 6.18. The molecule has 32 heavy (non-hydrogen) atoms. The first-order chi connectivity index (χ1) is 15.3. The Morgan fingerprint density at radius 1 is 0.906 bits per heavy atom. The van der Waals surface area contributed by atoms with Crippen LogP contribution in [0.2, 0.25) is 0 Å².